The van der Waals surface area contributed by atoms with Crippen molar-refractivity contribution in [3.63, 3.8) is 0 Å². The summed E-state index contributed by atoms with van der Waals surface area (Å²) in [5, 5.41) is 0.750. The molecule has 4 nitrogen and oxygen atoms in total. The summed E-state index contributed by atoms with van der Waals surface area (Å²) in [6, 6.07) is 6.71. The van der Waals surface area contributed by atoms with E-state index >= 15 is 0 Å². The van der Waals surface area contributed by atoms with Crippen molar-refractivity contribution in [2.75, 3.05) is 0 Å². The molecule has 1 aromatic heterocycles. The standard InChI is InChI=1S/C13H15NO3S/c1-13(2,3)10-6-7-11(18(15,16)17)12-9(10)5-4-8-14-12/h4-8H,1-3H3,(H,15,16,17). The van der Waals surface area contributed by atoms with Gasteiger partial charge < -0.3 is 0 Å². The number of rotatable bonds is 1. The van der Waals surface area contributed by atoms with Gasteiger partial charge >= 0.3 is 0 Å². The van der Waals surface area contributed by atoms with Gasteiger partial charge in [0.15, 0.2) is 0 Å². The van der Waals surface area contributed by atoms with E-state index in [4.69, 9.17) is 0 Å². The molecule has 2 aromatic rings. The van der Waals surface area contributed by atoms with Crippen LogP contribution >= 0.6 is 0 Å². The number of hydrogen-bond acceptors (Lipinski definition) is 3. The van der Waals surface area contributed by atoms with Crippen molar-refractivity contribution < 1.29 is 13.0 Å². The number of hydrogen-bond donors (Lipinski definition) is 1. The normalized spacial score (nSPS) is 12.9. The number of nitrogens with zero attached hydrogens (tertiary/aromatic N) is 1. The highest BCUT2D eigenvalue weighted by molar-refractivity contribution is 7.86. The Labute approximate surface area is 106 Å². The lowest BCUT2D eigenvalue weighted by Gasteiger charge is -2.21. The maximum Gasteiger partial charge on any atom is 0.296 e. The van der Waals surface area contributed by atoms with E-state index in [2.05, 4.69) is 4.98 Å². The Balaban J connectivity index is 2.92. The highest BCUT2D eigenvalue weighted by atomic mass is 32.2. The van der Waals surface area contributed by atoms with Crippen molar-refractivity contribution in [2.45, 2.75) is 31.1 Å². The van der Waals surface area contributed by atoms with Gasteiger partial charge in [0, 0.05) is 11.6 Å². The SMILES string of the molecule is CC(C)(C)c1ccc(S(=O)(=O)O)c2ncccc12. The number of aromatic nitrogens is 1. The molecule has 2 rings (SSSR count). The van der Waals surface area contributed by atoms with Crippen molar-refractivity contribution in [1.82, 2.24) is 4.98 Å². The van der Waals surface area contributed by atoms with Crippen LogP contribution in [-0.2, 0) is 15.5 Å². The highest BCUT2D eigenvalue weighted by Gasteiger charge is 2.22. The monoisotopic (exact) mass is 265 g/mol. The van der Waals surface area contributed by atoms with Crippen LogP contribution in [0.2, 0.25) is 0 Å². The summed E-state index contributed by atoms with van der Waals surface area (Å²) in [6.45, 7) is 6.13. The van der Waals surface area contributed by atoms with Crippen LogP contribution in [0.1, 0.15) is 26.3 Å². The predicted octanol–water partition coefficient (Wildman–Crippen LogP) is 2.78. The average molecular weight is 265 g/mol. The lowest BCUT2D eigenvalue weighted by Crippen LogP contribution is -2.13. The van der Waals surface area contributed by atoms with E-state index in [-0.39, 0.29) is 10.3 Å². The van der Waals surface area contributed by atoms with Gasteiger partial charge in [0.1, 0.15) is 4.90 Å². The minimum atomic E-state index is -4.25. The number of benzene rings is 1. The van der Waals surface area contributed by atoms with Gasteiger partial charge in [-0.15, -0.1) is 0 Å². The third-order valence-corrected chi connectivity index (χ3v) is 3.70. The molecule has 0 saturated carbocycles. The Morgan fingerprint density at radius 3 is 2.39 bits per heavy atom. The summed E-state index contributed by atoms with van der Waals surface area (Å²) < 4.78 is 31.9. The molecule has 0 spiro atoms. The smallest absolute Gasteiger partial charge is 0.282 e. The first kappa shape index (κ1) is 13.0. The van der Waals surface area contributed by atoms with Gasteiger partial charge in [0.2, 0.25) is 0 Å². The summed E-state index contributed by atoms with van der Waals surface area (Å²) in [6.07, 6.45) is 1.52. The van der Waals surface area contributed by atoms with Crippen LogP contribution in [0.15, 0.2) is 35.4 Å². The fraction of sp³-hybridized carbons (Fsp3) is 0.308. The molecule has 18 heavy (non-hydrogen) atoms. The second-order valence-corrected chi connectivity index (χ2v) is 6.63. The fourth-order valence-electron chi connectivity index (χ4n) is 2.01. The molecule has 0 atom stereocenters. The third kappa shape index (κ3) is 2.23. The van der Waals surface area contributed by atoms with E-state index in [0.29, 0.717) is 5.52 Å². The minimum absolute atomic E-state index is 0.126. The van der Waals surface area contributed by atoms with Gasteiger partial charge in [0.25, 0.3) is 10.1 Å². The Bertz CT molecular complexity index is 700. The van der Waals surface area contributed by atoms with Gasteiger partial charge in [-0.2, -0.15) is 8.42 Å². The molecule has 0 radical (unpaired) electrons. The molecule has 96 valence electrons. The first-order chi connectivity index (χ1) is 8.21. The van der Waals surface area contributed by atoms with E-state index < -0.39 is 10.1 Å². The molecule has 0 unspecified atom stereocenters. The van der Waals surface area contributed by atoms with E-state index in [0.717, 1.165) is 10.9 Å². The summed E-state index contributed by atoms with van der Waals surface area (Å²) in [7, 11) is -4.25. The quantitative estimate of drug-likeness (QED) is 0.805. The zero-order valence-electron chi connectivity index (χ0n) is 10.5. The van der Waals surface area contributed by atoms with Crippen molar-refractivity contribution in [1.29, 1.82) is 0 Å². The zero-order valence-corrected chi connectivity index (χ0v) is 11.3. The molecule has 0 aliphatic heterocycles. The van der Waals surface area contributed by atoms with Crippen LogP contribution in [-0.4, -0.2) is 18.0 Å². The van der Waals surface area contributed by atoms with Gasteiger partial charge in [-0.05, 0) is 23.1 Å². The molecule has 0 aliphatic carbocycles. The van der Waals surface area contributed by atoms with Crippen molar-refractivity contribution in [2.24, 2.45) is 0 Å². The van der Waals surface area contributed by atoms with Crippen LogP contribution in [0.4, 0.5) is 0 Å². The summed E-state index contributed by atoms with van der Waals surface area (Å²) >= 11 is 0. The Hall–Kier alpha value is -1.46. The van der Waals surface area contributed by atoms with Crippen LogP contribution in [0.5, 0.6) is 0 Å². The highest BCUT2D eigenvalue weighted by Crippen LogP contribution is 2.32. The summed E-state index contributed by atoms with van der Waals surface area (Å²) in [5.41, 5.74) is 1.18. The van der Waals surface area contributed by atoms with Crippen molar-refractivity contribution in [3.05, 3.63) is 36.0 Å². The minimum Gasteiger partial charge on any atom is -0.282 e. The molecule has 0 saturated heterocycles. The average Bonchev–Trinajstić information content (AvgIpc) is 2.24. The molecule has 0 amide bonds. The maximum atomic E-state index is 11.3. The molecule has 0 aliphatic rings. The Morgan fingerprint density at radius 1 is 1.17 bits per heavy atom. The second kappa shape index (κ2) is 4.03. The first-order valence-electron chi connectivity index (χ1n) is 5.57. The molecule has 0 bridgehead atoms. The van der Waals surface area contributed by atoms with E-state index in [1.807, 2.05) is 26.8 Å². The molecular weight excluding hydrogens is 250 g/mol. The van der Waals surface area contributed by atoms with Crippen LogP contribution in [0.25, 0.3) is 10.9 Å². The molecule has 5 heteroatoms. The maximum absolute atomic E-state index is 11.3. The van der Waals surface area contributed by atoms with E-state index in [9.17, 15) is 13.0 Å². The predicted molar refractivity (Wildman–Crippen MR) is 70.3 cm³/mol. The van der Waals surface area contributed by atoms with Gasteiger partial charge in [-0.25, -0.2) is 0 Å². The van der Waals surface area contributed by atoms with Gasteiger partial charge in [0.05, 0.1) is 5.52 Å². The van der Waals surface area contributed by atoms with Crippen LogP contribution in [0, 0.1) is 0 Å². The summed E-state index contributed by atoms with van der Waals surface area (Å²) in [4.78, 5) is 3.94. The van der Waals surface area contributed by atoms with E-state index in [1.54, 1.807) is 12.1 Å². The molecule has 1 heterocycles. The Morgan fingerprint density at radius 2 is 1.83 bits per heavy atom. The van der Waals surface area contributed by atoms with Crippen LogP contribution < -0.4 is 0 Å². The Kier molecular flexibility index (Phi) is 2.91. The third-order valence-electron chi connectivity index (χ3n) is 2.82. The zero-order chi connectivity index (χ0) is 13.6. The number of pyridine rings is 1. The van der Waals surface area contributed by atoms with Gasteiger partial charge in [-0.3, -0.25) is 9.54 Å². The topological polar surface area (TPSA) is 67.3 Å². The lowest BCUT2D eigenvalue weighted by atomic mass is 9.84. The largest absolute Gasteiger partial charge is 0.296 e. The molecule has 1 aromatic carbocycles. The van der Waals surface area contributed by atoms with E-state index in [1.165, 1.54) is 12.3 Å². The van der Waals surface area contributed by atoms with Crippen molar-refractivity contribution in [3.8, 4) is 0 Å². The second-order valence-electron chi connectivity index (χ2n) is 5.24. The number of fused-ring (bicyclic) bond motifs is 1. The van der Waals surface area contributed by atoms with Crippen LogP contribution in [0.3, 0.4) is 0 Å². The van der Waals surface area contributed by atoms with Gasteiger partial charge in [-0.1, -0.05) is 32.9 Å². The fourth-order valence-corrected chi connectivity index (χ4v) is 2.66. The molecule has 0 fully saturated rings. The lowest BCUT2D eigenvalue weighted by molar-refractivity contribution is 0.484. The first-order valence-corrected chi connectivity index (χ1v) is 7.01. The molecule has 1 N–H and O–H groups in total. The summed E-state index contributed by atoms with van der Waals surface area (Å²) in [5.74, 6) is 0. The molecular formula is C13H15NO3S. The van der Waals surface area contributed by atoms with Crippen molar-refractivity contribution >= 4 is 21.0 Å².